The number of hydrogen-bond donors (Lipinski definition) is 2. The number of hydrogen-bond acceptors (Lipinski definition) is 3. The number of nitrogens with two attached hydrogens (primary N) is 1. The van der Waals surface area contributed by atoms with Gasteiger partial charge in [0.1, 0.15) is 12.0 Å². The zero-order valence-corrected chi connectivity index (χ0v) is 7.73. The summed E-state index contributed by atoms with van der Waals surface area (Å²) in [5.41, 5.74) is 6.35. The Labute approximate surface area is 78.2 Å². The second-order valence-electron chi connectivity index (χ2n) is 2.45. The van der Waals surface area contributed by atoms with E-state index in [1.807, 2.05) is 6.92 Å². The van der Waals surface area contributed by atoms with E-state index in [0.717, 1.165) is 11.8 Å². The number of aldehydes is 1. The molecular formula is C10H15NO2. The quantitative estimate of drug-likeness (QED) is 0.679. The van der Waals surface area contributed by atoms with Gasteiger partial charge in [0.2, 0.25) is 0 Å². The van der Waals surface area contributed by atoms with Gasteiger partial charge < -0.3 is 15.6 Å². The largest absolute Gasteiger partial charge is 0.508 e. The molecule has 0 aromatic heterocycles. The monoisotopic (exact) mass is 181 g/mol. The number of aromatic hydroxyl groups is 1. The first kappa shape index (κ1) is 11.6. The molecule has 0 aliphatic carbocycles. The fraction of sp³-hybridized carbons (Fsp3) is 0.300. The van der Waals surface area contributed by atoms with Crippen molar-refractivity contribution in [1.29, 1.82) is 0 Å². The van der Waals surface area contributed by atoms with E-state index in [-0.39, 0.29) is 5.75 Å². The second kappa shape index (κ2) is 7.31. The van der Waals surface area contributed by atoms with E-state index < -0.39 is 0 Å². The average Bonchev–Trinajstić information content (AvgIpc) is 2.19. The summed E-state index contributed by atoms with van der Waals surface area (Å²) in [4.78, 5) is 9.17. The first-order chi connectivity index (χ1) is 6.24. The smallest absolute Gasteiger partial charge is 0.119 e. The number of phenolic OH excluding ortho intramolecular Hbond substituents is 1. The topological polar surface area (TPSA) is 63.3 Å². The Bertz CT molecular complexity index is 231. The summed E-state index contributed by atoms with van der Waals surface area (Å²) >= 11 is 0. The van der Waals surface area contributed by atoms with Crippen LogP contribution in [0.3, 0.4) is 0 Å². The SMILES string of the molecule is CCC=O.NCc1ccc(O)cc1. The summed E-state index contributed by atoms with van der Waals surface area (Å²) in [7, 11) is 0. The maximum absolute atomic E-state index is 9.17. The Morgan fingerprint density at radius 3 is 2.15 bits per heavy atom. The molecule has 0 heterocycles. The lowest BCUT2D eigenvalue weighted by molar-refractivity contribution is -0.107. The lowest BCUT2D eigenvalue weighted by atomic mass is 10.2. The zero-order valence-electron chi connectivity index (χ0n) is 7.73. The van der Waals surface area contributed by atoms with Gasteiger partial charge in [0.05, 0.1) is 0 Å². The Morgan fingerprint density at radius 1 is 1.38 bits per heavy atom. The van der Waals surface area contributed by atoms with Gasteiger partial charge in [-0.1, -0.05) is 19.1 Å². The van der Waals surface area contributed by atoms with Crippen LogP contribution in [0.15, 0.2) is 24.3 Å². The second-order valence-corrected chi connectivity index (χ2v) is 2.45. The van der Waals surface area contributed by atoms with E-state index in [9.17, 15) is 4.79 Å². The average molecular weight is 181 g/mol. The predicted octanol–water partition coefficient (Wildman–Crippen LogP) is 1.45. The highest BCUT2D eigenvalue weighted by molar-refractivity contribution is 5.48. The van der Waals surface area contributed by atoms with E-state index in [4.69, 9.17) is 10.8 Å². The number of benzene rings is 1. The van der Waals surface area contributed by atoms with Gasteiger partial charge in [-0.05, 0) is 17.7 Å². The van der Waals surface area contributed by atoms with E-state index in [0.29, 0.717) is 13.0 Å². The molecule has 0 atom stereocenters. The molecule has 3 nitrogen and oxygen atoms in total. The molecule has 0 fully saturated rings. The predicted molar refractivity (Wildman–Crippen MR) is 52.4 cm³/mol. The van der Waals surface area contributed by atoms with E-state index in [2.05, 4.69) is 0 Å². The molecular weight excluding hydrogens is 166 g/mol. The molecule has 3 heteroatoms. The highest BCUT2D eigenvalue weighted by atomic mass is 16.3. The zero-order chi connectivity index (χ0) is 10.1. The highest BCUT2D eigenvalue weighted by Gasteiger charge is 1.86. The Balaban J connectivity index is 0.000000310. The molecule has 0 bridgehead atoms. The summed E-state index contributed by atoms with van der Waals surface area (Å²) in [6, 6.07) is 6.86. The molecule has 13 heavy (non-hydrogen) atoms. The fourth-order valence-electron chi connectivity index (χ4n) is 0.632. The summed E-state index contributed by atoms with van der Waals surface area (Å²) < 4.78 is 0. The van der Waals surface area contributed by atoms with E-state index >= 15 is 0 Å². The van der Waals surface area contributed by atoms with E-state index in [1.165, 1.54) is 0 Å². The van der Waals surface area contributed by atoms with Crippen LogP contribution in [0.2, 0.25) is 0 Å². The standard InChI is InChI=1S/C7H9NO.C3H6O/c8-5-6-1-3-7(9)4-2-6;1-2-3-4/h1-4,9H,5,8H2;3H,2H2,1H3. The van der Waals surface area contributed by atoms with Gasteiger partial charge >= 0.3 is 0 Å². The van der Waals surface area contributed by atoms with Crippen LogP contribution >= 0.6 is 0 Å². The molecule has 0 amide bonds. The van der Waals surface area contributed by atoms with Crippen LogP contribution in [-0.4, -0.2) is 11.4 Å². The van der Waals surface area contributed by atoms with Crippen LogP contribution in [0.5, 0.6) is 5.75 Å². The van der Waals surface area contributed by atoms with Crippen molar-refractivity contribution in [2.75, 3.05) is 0 Å². The van der Waals surface area contributed by atoms with Gasteiger partial charge in [0.15, 0.2) is 0 Å². The molecule has 0 unspecified atom stereocenters. The molecule has 0 spiro atoms. The minimum Gasteiger partial charge on any atom is -0.508 e. The minimum absolute atomic E-state index is 0.284. The molecule has 0 saturated heterocycles. The van der Waals surface area contributed by atoms with Gasteiger partial charge in [0, 0.05) is 13.0 Å². The maximum atomic E-state index is 9.17. The number of phenols is 1. The molecule has 1 aromatic carbocycles. The van der Waals surface area contributed by atoms with Crippen LogP contribution in [0.1, 0.15) is 18.9 Å². The highest BCUT2D eigenvalue weighted by Crippen LogP contribution is 2.08. The van der Waals surface area contributed by atoms with Crippen molar-refractivity contribution in [2.45, 2.75) is 19.9 Å². The van der Waals surface area contributed by atoms with Gasteiger partial charge in [-0.15, -0.1) is 0 Å². The van der Waals surface area contributed by atoms with Crippen molar-refractivity contribution in [3.8, 4) is 5.75 Å². The van der Waals surface area contributed by atoms with Gasteiger partial charge in [-0.2, -0.15) is 0 Å². The van der Waals surface area contributed by atoms with Crippen LogP contribution in [0.25, 0.3) is 0 Å². The van der Waals surface area contributed by atoms with Crippen LogP contribution in [0, 0.1) is 0 Å². The molecule has 0 radical (unpaired) electrons. The summed E-state index contributed by atoms with van der Waals surface area (Å²) in [5.74, 6) is 0.284. The van der Waals surface area contributed by atoms with Crippen molar-refractivity contribution in [1.82, 2.24) is 0 Å². The van der Waals surface area contributed by atoms with Crippen molar-refractivity contribution in [3.05, 3.63) is 29.8 Å². The molecule has 72 valence electrons. The van der Waals surface area contributed by atoms with Crippen molar-refractivity contribution in [2.24, 2.45) is 5.73 Å². The van der Waals surface area contributed by atoms with Crippen molar-refractivity contribution in [3.63, 3.8) is 0 Å². The summed E-state index contributed by atoms with van der Waals surface area (Å²) in [6.07, 6.45) is 1.51. The molecule has 0 aliphatic heterocycles. The minimum atomic E-state index is 0.284. The Hall–Kier alpha value is -1.35. The van der Waals surface area contributed by atoms with Gasteiger partial charge in [0.25, 0.3) is 0 Å². The number of carbonyl (C=O) groups is 1. The molecule has 0 aliphatic rings. The normalized spacial score (nSPS) is 8.46. The Kier molecular flexibility index (Phi) is 6.55. The first-order valence-electron chi connectivity index (χ1n) is 4.16. The summed E-state index contributed by atoms with van der Waals surface area (Å²) in [5, 5.41) is 8.81. The lowest BCUT2D eigenvalue weighted by Gasteiger charge is -1.93. The van der Waals surface area contributed by atoms with Crippen LogP contribution < -0.4 is 5.73 Å². The van der Waals surface area contributed by atoms with Gasteiger partial charge in [-0.3, -0.25) is 0 Å². The first-order valence-corrected chi connectivity index (χ1v) is 4.16. The lowest BCUT2D eigenvalue weighted by Crippen LogP contribution is -1.94. The van der Waals surface area contributed by atoms with Gasteiger partial charge in [-0.25, -0.2) is 0 Å². The van der Waals surface area contributed by atoms with Crippen molar-refractivity contribution >= 4 is 6.29 Å². The third kappa shape index (κ3) is 5.87. The molecule has 1 aromatic rings. The molecule has 0 saturated carbocycles. The van der Waals surface area contributed by atoms with Crippen LogP contribution in [0.4, 0.5) is 0 Å². The van der Waals surface area contributed by atoms with Crippen molar-refractivity contribution < 1.29 is 9.90 Å². The molecule has 1 rings (SSSR count). The number of rotatable bonds is 2. The Morgan fingerprint density at radius 2 is 1.85 bits per heavy atom. The third-order valence-electron chi connectivity index (χ3n) is 1.34. The van der Waals surface area contributed by atoms with E-state index in [1.54, 1.807) is 24.3 Å². The maximum Gasteiger partial charge on any atom is 0.119 e. The van der Waals surface area contributed by atoms with Crippen LogP contribution in [-0.2, 0) is 11.3 Å². The molecule has 3 N–H and O–H groups in total. The number of carbonyl (C=O) groups excluding carboxylic acids is 1. The fourth-order valence-corrected chi connectivity index (χ4v) is 0.632. The summed E-state index contributed by atoms with van der Waals surface area (Å²) in [6.45, 7) is 2.34. The third-order valence-corrected chi connectivity index (χ3v) is 1.34.